The zero-order valence-corrected chi connectivity index (χ0v) is 19.5. The third-order valence-electron chi connectivity index (χ3n) is 3.78. The van der Waals surface area contributed by atoms with Gasteiger partial charge < -0.3 is 5.32 Å². The van der Waals surface area contributed by atoms with Gasteiger partial charge in [0.05, 0.1) is 15.9 Å². The number of halogens is 4. The van der Waals surface area contributed by atoms with Crippen LogP contribution in [0.2, 0.25) is 5.02 Å². The second kappa shape index (κ2) is 10.9. The number of hydrogen-bond donors (Lipinski definition) is 1. The Kier molecular flexibility index (Phi) is 10.7. The largest absolute Gasteiger partial charge is 0.320 e. The highest BCUT2D eigenvalue weighted by molar-refractivity contribution is 9.10. The molecule has 0 saturated heterocycles. The number of unbranched alkanes of at least 4 members (excludes halogenated alkanes) is 1. The molecule has 0 saturated carbocycles. The predicted molar refractivity (Wildman–Crippen MR) is 120 cm³/mol. The van der Waals surface area contributed by atoms with Gasteiger partial charge in [0.1, 0.15) is 5.82 Å². The van der Waals surface area contributed by atoms with Crippen molar-refractivity contribution in [3.8, 4) is 0 Å². The van der Waals surface area contributed by atoms with Gasteiger partial charge in [0.15, 0.2) is 0 Å². The van der Waals surface area contributed by atoms with Gasteiger partial charge in [-0.15, -0.1) is 24.8 Å². The van der Waals surface area contributed by atoms with Gasteiger partial charge in [0.2, 0.25) is 0 Å². The van der Waals surface area contributed by atoms with Crippen molar-refractivity contribution in [1.29, 1.82) is 0 Å². The summed E-state index contributed by atoms with van der Waals surface area (Å²) in [5.41, 5.74) is 0.691. The lowest BCUT2D eigenvalue weighted by atomic mass is 9.96. The van der Waals surface area contributed by atoms with Crippen LogP contribution >= 0.6 is 52.3 Å². The lowest BCUT2D eigenvalue weighted by Gasteiger charge is -2.22. The molecule has 1 heterocycles. The van der Waals surface area contributed by atoms with E-state index in [9.17, 15) is 4.79 Å². The summed E-state index contributed by atoms with van der Waals surface area (Å²) in [4.78, 5) is 17.8. The number of fused-ring (bicyclic) bond motifs is 1. The molecule has 0 aliphatic heterocycles. The van der Waals surface area contributed by atoms with Gasteiger partial charge in [-0.2, -0.15) is 0 Å². The Balaban J connectivity index is 0.00000312. The van der Waals surface area contributed by atoms with E-state index in [1.54, 1.807) is 6.07 Å². The lowest BCUT2D eigenvalue weighted by Crippen LogP contribution is -2.30. The highest BCUT2D eigenvalue weighted by Gasteiger charge is 2.18. The Morgan fingerprint density at radius 1 is 1.23 bits per heavy atom. The van der Waals surface area contributed by atoms with Crippen molar-refractivity contribution < 1.29 is 0 Å². The molecular weight excluding hydrogens is 460 g/mol. The predicted octanol–water partition coefficient (Wildman–Crippen LogP) is 5.24. The number of aryl methyl sites for hydroxylation is 1. The van der Waals surface area contributed by atoms with Gasteiger partial charge in [-0.05, 0) is 59.9 Å². The second-order valence-corrected chi connectivity index (χ2v) is 8.59. The minimum absolute atomic E-state index is 0. The summed E-state index contributed by atoms with van der Waals surface area (Å²) >= 11 is 9.59. The molecule has 8 heteroatoms. The Labute approximate surface area is 181 Å². The van der Waals surface area contributed by atoms with E-state index in [-0.39, 0.29) is 35.8 Å². The molecule has 0 fully saturated rings. The average Bonchev–Trinajstić information content (AvgIpc) is 2.48. The molecule has 2 rings (SSSR count). The van der Waals surface area contributed by atoms with Gasteiger partial charge >= 0.3 is 0 Å². The monoisotopic (exact) mass is 485 g/mol. The van der Waals surface area contributed by atoms with Crippen molar-refractivity contribution in [1.82, 2.24) is 14.9 Å². The molecule has 0 atom stereocenters. The fourth-order valence-corrected chi connectivity index (χ4v) is 3.17. The highest BCUT2D eigenvalue weighted by Crippen LogP contribution is 2.27. The van der Waals surface area contributed by atoms with Crippen LogP contribution in [-0.4, -0.2) is 23.1 Å². The Morgan fingerprint density at radius 2 is 1.88 bits per heavy atom. The van der Waals surface area contributed by atoms with Gasteiger partial charge in [-0.1, -0.05) is 32.4 Å². The molecule has 2 aromatic rings. The van der Waals surface area contributed by atoms with Crippen LogP contribution in [0.4, 0.5) is 0 Å². The number of rotatable bonds is 6. The molecule has 1 aromatic carbocycles. The molecule has 4 nitrogen and oxygen atoms in total. The van der Waals surface area contributed by atoms with Crippen molar-refractivity contribution in [2.24, 2.45) is 5.41 Å². The van der Waals surface area contributed by atoms with E-state index >= 15 is 0 Å². The van der Waals surface area contributed by atoms with Crippen LogP contribution in [0.5, 0.6) is 0 Å². The zero-order valence-electron chi connectivity index (χ0n) is 15.6. The smallest absolute Gasteiger partial charge is 0.261 e. The summed E-state index contributed by atoms with van der Waals surface area (Å²) in [5.74, 6) is 0.854. The van der Waals surface area contributed by atoms with Crippen molar-refractivity contribution in [2.45, 2.75) is 46.6 Å². The normalized spacial score (nSPS) is 11.2. The summed E-state index contributed by atoms with van der Waals surface area (Å²) < 4.78 is 2.59. The van der Waals surface area contributed by atoms with Crippen LogP contribution in [0.15, 0.2) is 21.4 Å². The molecule has 0 bridgehead atoms. The summed E-state index contributed by atoms with van der Waals surface area (Å²) in [6.45, 7) is 8.00. The molecule has 0 unspecified atom stereocenters. The zero-order chi connectivity index (χ0) is 17.9. The maximum Gasteiger partial charge on any atom is 0.261 e. The first kappa shape index (κ1) is 25.7. The minimum atomic E-state index is -0.00654. The van der Waals surface area contributed by atoms with Crippen LogP contribution in [0.3, 0.4) is 0 Å². The number of nitrogens with one attached hydrogen (secondary N) is 1. The molecule has 1 N–H and O–H groups in total. The minimum Gasteiger partial charge on any atom is -0.320 e. The van der Waals surface area contributed by atoms with Crippen molar-refractivity contribution in [3.05, 3.63) is 37.8 Å². The highest BCUT2D eigenvalue weighted by atomic mass is 79.9. The lowest BCUT2D eigenvalue weighted by molar-refractivity contribution is 0.330. The van der Waals surface area contributed by atoms with Gasteiger partial charge in [-0.3, -0.25) is 9.36 Å². The van der Waals surface area contributed by atoms with Crippen molar-refractivity contribution in [2.75, 3.05) is 13.6 Å². The quantitative estimate of drug-likeness (QED) is 0.567. The van der Waals surface area contributed by atoms with Gasteiger partial charge in [0.25, 0.3) is 5.56 Å². The molecule has 1 aromatic heterocycles. The Morgan fingerprint density at radius 3 is 2.46 bits per heavy atom. The summed E-state index contributed by atoms with van der Waals surface area (Å²) in [6, 6.07) is 3.54. The van der Waals surface area contributed by atoms with E-state index in [1.165, 1.54) is 0 Å². The third-order valence-corrected chi connectivity index (χ3v) is 4.98. The van der Waals surface area contributed by atoms with Crippen LogP contribution in [0.1, 0.15) is 39.4 Å². The van der Waals surface area contributed by atoms with Gasteiger partial charge in [-0.25, -0.2) is 4.98 Å². The van der Waals surface area contributed by atoms with E-state index in [0.717, 1.165) is 36.1 Å². The van der Waals surface area contributed by atoms with Crippen LogP contribution in [0, 0.1) is 5.41 Å². The van der Waals surface area contributed by atoms with E-state index in [2.05, 4.69) is 42.0 Å². The molecule has 0 radical (unpaired) electrons. The number of aromatic nitrogens is 2. The molecule has 148 valence electrons. The van der Waals surface area contributed by atoms with Gasteiger partial charge in [0, 0.05) is 17.4 Å². The first-order valence-corrected chi connectivity index (χ1v) is 9.43. The maximum absolute atomic E-state index is 13.0. The first-order valence-electron chi connectivity index (χ1n) is 8.26. The maximum atomic E-state index is 13.0. The fourth-order valence-electron chi connectivity index (χ4n) is 2.68. The Bertz CT molecular complexity index is 788. The summed E-state index contributed by atoms with van der Waals surface area (Å²) in [7, 11) is 1.95. The van der Waals surface area contributed by atoms with Crippen molar-refractivity contribution in [3.63, 3.8) is 0 Å². The summed E-state index contributed by atoms with van der Waals surface area (Å²) in [6.07, 6.45) is 2.85. The first-order chi connectivity index (χ1) is 11.2. The second-order valence-electron chi connectivity index (χ2n) is 7.32. The van der Waals surface area contributed by atoms with Crippen LogP contribution < -0.4 is 10.9 Å². The number of nitrogens with zero attached hydrogens (tertiary/aromatic N) is 2. The van der Waals surface area contributed by atoms with Crippen molar-refractivity contribution >= 4 is 63.2 Å². The van der Waals surface area contributed by atoms with Crippen LogP contribution in [0.25, 0.3) is 10.9 Å². The molecule has 26 heavy (non-hydrogen) atoms. The SMILES string of the molecule is CNCCCCc1nc2cc(Br)c(Cl)cc2c(=O)n1CC(C)(C)C.Cl.Cl. The average molecular weight is 488 g/mol. The topological polar surface area (TPSA) is 46.9 Å². The molecule has 0 spiro atoms. The molecule has 0 aliphatic carbocycles. The third kappa shape index (κ3) is 6.68. The Hall–Kier alpha value is -0.330. The van der Waals surface area contributed by atoms with E-state index in [4.69, 9.17) is 16.6 Å². The molecular formula is C18H27BrCl3N3O. The fraction of sp³-hybridized carbons (Fsp3) is 0.556. The number of hydrogen-bond acceptors (Lipinski definition) is 3. The molecule has 0 amide bonds. The summed E-state index contributed by atoms with van der Waals surface area (Å²) in [5, 5.41) is 4.26. The standard InChI is InChI=1S/C18H25BrClN3O.2ClH/c1-18(2,3)11-23-16(7-5-6-8-21-4)22-15-10-13(19)14(20)9-12(15)17(23)24;;/h9-10,21H,5-8,11H2,1-4H3;2*1H. The van der Waals surface area contributed by atoms with E-state index in [1.807, 2.05) is 17.7 Å². The van der Waals surface area contributed by atoms with Crippen LogP contribution in [-0.2, 0) is 13.0 Å². The van der Waals surface area contributed by atoms with E-state index in [0.29, 0.717) is 22.5 Å². The molecule has 0 aliphatic rings. The number of benzene rings is 1. The van der Waals surface area contributed by atoms with E-state index < -0.39 is 0 Å².